The Hall–Kier alpha value is -2.56. The number of nitrogens with one attached hydrogen (secondary N) is 1. The molecule has 0 bridgehead atoms. The number of aryl methyl sites for hydroxylation is 1. The minimum atomic E-state index is -0.0672. The van der Waals surface area contributed by atoms with Crippen molar-refractivity contribution in [2.45, 2.75) is 19.9 Å². The first-order valence-corrected chi connectivity index (χ1v) is 6.44. The molecule has 0 atom stereocenters. The van der Waals surface area contributed by atoms with E-state index in [4.69, 9.17) is 4.42 Å². The van der Waals surface area contributed by atoms with Crippen LogP contribution < -0.4 is 5.32 Å². The number of rotatable bonds is 4. The van der Waals surface area contributed by atoms with E-state index in [-0.39, 0.29) is 12.3 Å². The SMILES string of the molecule is Cc1cccn2cc(CC(=O)NCc3ccco3)nc12. The monoisotopic (exact) mass is 269 g/mol. The molecule has 1 amide bonds. The normalized spacial score (nSPS) is 10.8. The summed E-state index contributed by atoms with van der Waals surface area (Å²) >= 11 is 0. The number of carbonyl (C=O) groups excluding carboxylic acids is 1. The first-order chi connectivity index (χ1) is 9.72. The number of carbonyl (C=O) groups is 1. The first-order valence-electron chi connectivity index (χ1n) is 6.44. The van der Waals surface area contributed by atoms with Crippen molar-refractivity contribution in [3.63, 3.8) is 0 Å². The molecule has 0 saturated carbocycles. The quantitative estimate of drug-likeness (QED) is 0.789. The molecule has 0 saturated heterocycles. The van der Waals surface area contributed by atoms with Gasteiger partial charge in [0.1, 0.15) is 11.4 Å². The van der Waals surface area contributed by atoms with Crippen LogP contribution in [-0.2, 0) is 17.8 Å². The second kappa shape index (κ2) is 5.21. The highest BCUT2D eigenvalue weighted by molar-refractivity contribution is 5.78. The lowest BCUT2D eigenvalue weighted by molar-refractivity contribution is -0.120. The van der Waals surface area contributed by atoms with Crippen LogP contribution in [0.4, 0.5) is 0 Å². The summed E-state index contributed by atoms with van der Waals surface area (Å²) in [7, 11) is 0. The van der Waals surface area contributed by atoms with Crippen molar-refractivity contribution in [3.8, 4) is 0 Å². The molecule has 5 heteroatoms. The number of hydrogen-bond acceptors (Lipinski definition) is 3. The number of hydrogen-bond donors (Lipinski definition) is 1. The van der Waals surface area contributed by atoms with E-state index in [0.29, 0.717) is 6.54 Å². The number of nitrogens with zero attached hydrogens (tertiary/aromatic N) is 2. The minimum absolute atomic E-state index is 0.0672. The van der Waals surface area contributed by atoms with E-state index >= 15 is 0 Å². The van der Waals surface area contributed by atoms with E-state index in [1.807, 2.05) is 41.9 Å². The van der Waals surface area contributed by atoms with Crippen molar-refractivity contribution in [3.05, 3.63) is 59.9 Å². The van der Waals surface area contributed by atoms with Crippen LogP contribution in [0, 0.1) is 6.92 Å². The number of aromatic nitrogens is 2. The van der Waals surface area contributed by atoms with Gasteiger partial charge in [-0.2, -0.15) is 0 Å². The first kappa shape index (κ1) is 12.5. The van der Waals surface area contributed by atoms with Gasteiger partial charge in [0.25, 0.3) is 0 Å². The lowest BCUT2D eigenvalue weighted by Crippen LogP contribution is -2.24. The van der Waals surface area contributed by atoms with Gasteiger partial charge in [-0.15, -0.1) is 0 Å². The van der Waals surface area contributed by atoms with Gasteiger partial charge < -0.3 is 14.1 Å². The van der Waals surface area contributed by atoms with Gasteiger partial charge in [0.15, 0.2) is 0 Å². The molecule has 3 aromatic heterocycles. The maximum Gasteiger partial charge on any atom is 0.226 e. The fourth-order valence-corrected chi connectivity index (χ4v) is 2.12. The van der Waals surface area contributed by atoms with Crippen molar-refractivity contribution in [1.29, 1.82) is 0 Å². The Bertz CT molecular complexity index is 729. The number of fused-ring (bicyclic) bond motifs is 1. The van der Waals surface area contributed by atoms with Crippen LogP contribution in [0.1, 0.15) is 17.0 Å². The van der Waals surface area contributed by atoms with Gasteiger partial charge in [0.05, 0.1) is 24.9 Å². The molecule has 5 nitrogen and oxygen atoms in total. The van der Waals surface area contributed by atoms with Crippen LogP contribution in [0.25, 0.3) is 5.65 Å². The lowest BCUT2D eigenvalue weighted by Gasteiger charge is -2.00. The third kappa shape index (κ3) is 2.56. The summed E-state index contributed by atoms with van der Waals surface area (Å²) in [5.41, 5.74) is 2.74. The Morgan fingerprint density at radius 2 is 2.30 bits per heavy atom. The molecule has 102 valence electrons. The number of pyridine rings is 1. The Balaban J connectivity index is 1.66. The summed E-state index contributed by atoms with van der Waals surface area (Å²) in [5.74, 6) is 0.673. The van der Waals surface area contributed by atoms with Crippen molar-refractivity contribution < 1.29 is 9.21 Å². The van der Waals surface area contributed by atoms with Crippen molar-refractivity contribution >= 4 is 11.6 Å². The third-order valence-corrected chi connectivity index (χ3v) is 3.11. The van der Waals surface area contributed by atoms with Gasteiger partial charge in [-0.1, -0.05) is 6.07 Å². The van der Waals surface area contributed by atoms with Gasteiger partial charge in [-0.05, 0) is 30.7 Å². The molecular weight excluding hydrogens is 254 g/mol. The van der Waals surface area contributed by atoms with E-state index in [2.05, 4.69) is 10.3 Å². The van der Waals surface area contributed by atoms with Crippen molar-refractivity contribution in [2.24, 2.45) is 0 Å². The zero-order chi connectivity index (χ0) is 13.9. The largest absolute Gasteiger partial charge is 0.467 e. The van der Waals surface area contributed by atoms with E-state index in [9.17, 15) is 4.79 Å². The molecule has 3 heterocycles. The Morgan fingerprint density at radius 1 is 1.40 bits per heavy atom. The summed E-state index contributed by atoms with van der Waals surface area (Å²) < 4.78 is 7.10. The van der Waals surface area contributed by atoms with Crippen LogP contribution in [-0.4, -0.2) is 15.3 Å². The van der Waals surface area contributed by atoms with E-state index in [1.54, 1.807) is 12.3 Å². The predicted molar refractivity (Wildman–Crippen MR) is 74.2 cm³/mol. The smallest absolute Gasteiger partial charge is 0.226 e. The topological polar surface area (TPSA) is 59.5 Å². The fraction of sp³-hybridized carbons (Fsp3) is 0.200. The zero-order valence-corrected chi connectivity index (χ0v) is 11.2. The summed E-state index contributed by atoms with van der Waals surface area (Å²) in [5, 5.41) is 2.81. The number of furan rings is 1. The third-order valence-electron chi connectivity index (χ3n) is 3.11. The van der Waals surface area contributed by atoms with E-state index in [0.717, 1.165) is 22.7 Å². The maximum atomic E-state index is 11.9. The highest BCUT2D eigenvalue weighted by atomic mass is 16.3. The summed E-state index contributed by atoms with van der Waals surface area (Å²) in [6.07, 6.45) is 5.67. The van der Waals surface area contributed by atoms with Crippen LogP contribution >= 0.6 is 0 Å². The summed E-state index contributed by atoms with van der Waals surface area (Å²) in [6.45, 7) is 2.40. The summed E-state index contributed by atoms with van der Waals surface area (Å²) in [6, 6.07) is 7.59. The van der Waals surface area contributed by atoms with Gasteiger partial charge in [0, 0.05) is 12.4 Å². The van der Waals surface area contributed by atoms with Gasteiger partial charge >= 0.3 is 0 Å². The minimum Gasteiger partial charge on any atom is -0.467 e. The highest BCUT2D eigenvalue weighted by Crippen LogP contribution is 2.10. The lowest BCUT2D eigenvalue weighted by atomic mass is 10.3. The average Bonchev–Trinajstić information content (AvgIpc) is 3.05. The standard InChI is InChI=1S/C15H15N3O2/c1-11-4-2-6-18-10-12(17-15(11)18)8-14(19)16-9-13-5-3-7-20-13/h2-7,10H,8-9H2,1H3,(H,16,19). The van der Waals surface area contributed by atoms with Crippen molar-refractivity contribution in [1.82, 2.24) is 14.7 Å². The van der Waals surface area contributed by atoms with E-state index in [1.165, 1.54) is 0 Å². The second-order valence-corrected chi connectivity index (χ2v) is 4.69. The molecule has 0 aliphatic rings. The van der Waals surface area contributed by atoms with Gasteiger partial charge in [-0.25, -0.2) is 4.98 Å². The van der Waals surface area contributed by atoms with Crippen LogP contribution in [0.5, 0.6) is 0 Å². The molecule has 0 unspecified atom stereocenters. The zero-order valence-electron chi connectivity index (χ0n) is 11.2. The molecule has 3 rings (SSSR count). The van der Waals surface area contributed by atoms with Crippen LogP contribution in [0.2, 0.25) is 0 Å². The molecule has 20 heavy (non-hydrogen) atoms. The molecule has 0 radical (unpaired) electrons. The van der Waals surface area contributed by atoms with E-state index < -0.39 is 0 Å². The Morgan fingerprint density at radius 3 is 3.05 bits per heavy atom. The molecule has 0 fully saturated rings. The Labute approximate surface area is 116 Å². The molecular formula is C15H15N3O2. The van der Waals surface area contributed by atoms with Gasteiger partial charge in [-0.3, -0.25) is 4.79 Å². The van der Waals surface area contributed by atoms with Crippen LogP contribution in [0.3, 0.4) is 0 Å². The number of imidazole rings is 1. The van der Waals surface area contributed by atoms with Gasteiger partial charge in [0.2, 0.25) is 5.91 Å². The second-order valence-electron chi connectivity index (χ2n) is 4.69. The van der Waals surface area contributed by atoms with Crippen LogP contribution in [0.15, 0.2) is 47.3 Å². The maximum absolute atomic E-state index is 11.9. The average molecular weight is 269 g/mol. The molecule has 0 aliphatic heterocycles. The highest BCUT2D eigenvalue weighted by Gasteiger charge is 2.09. The predicted octanol–water partition coefficient (Wildman–Crippen LogP) is 2.09. The molecule has 0 spiro atoms. The number of amides is 1. The summed E-state index contributed by atoms with van der Waals surface area (Å²) in [4.78, 5) is 16.3. The molecule has 0 aromatic carbocycles. The molecule has 1 N–H and O–H groups in total. The molecule has 3 aromatic rings. The fourth-order valence-electron chi connectivity index (χ4n) is 2.12. The van der Waals surface area contributed by atoms with Crippen molar-refractivity contribution in [2.75, 3.05) is 0 Å². The Kier molecular flexibility index (Phi) is 3.25. The molecule has 0 aliphatic carbocycles.